The molecule has 6 aromatic rings. The molecule has 3 aromatic heterocycles. The number of phenols is 1. The lowest BCUT2D eigenvalue weighted by Gasteiger charge is -2.10. The van der Waals surface area contributed by atoms with Gasteiger partial charge in [0.25, 0.3) is 5.91 Å². The van der Waals surface area contributed by atoms with Gasteiger partial charge in [0.05, 0.1) is 16.8 Å². The first-order valence-corrected chi connectivity index (χ1v) is 12.2. The molecule has 0 saturated heterocycles. The van der Waals surface area contributed by atoms with Crippen molar-refractivity contribution in [3.05, 3.63) is 121 Å². The molecule has 0 fully saturated rings. The molecule has 10 heteroatoms. The largest absolute Gasteiger partial charge is 0.508 e. The minimum Gasteiger partial charge on any atom is -0.508 e. The highest BCUT2D eigenvalue weighted by atomic mass is 19.1. The SMILES string of the molecule is O=C(Nc1cccc(-c2nn3ccccc3c2-c2ccnc(Nc3cccc(O)c3)n2)c1)c1c(F)cccc1F. The molecule has 6 rings (SSSR count). The van der Waals surface area contributed by atoms with Gasteiger partial charge in [-0.1, -0.05) is 30.3 Å². The predicted molar refractivity (Wildman–Crippen MR) is 147 cm³/mol. The van der Waals surface area contributed by atoms with Crippen LogP contribution in [-0.4, -0.2) is 30.6 Å². The lowest BCUT2D eigenvalue weighted by molar-refractivity contribution is 0.101. The van der Waals surface area contributed by atoms with E-state index < -0.39 is 23.1 Å². The molecular weight excluding hydrogens is 514 g/mol. The van der Waals surface area contributed by atoms with Gasteiger partial charge in [-0.15, -0.1) is 0 Å². The minimum atomic E-state index is -0.949. The lowest BCUT2D eigenvalue weighted by atomic mass is 10.0. The van der Waals surface area contributed by atoms with Gasteiger partial charge < -0.3 is 15.7 Å². The van der Waals surface area contributed by atoms with Gasteiger partial charge in [0.2, 0.25) is 5.95 Å². The van der Waals surface area contributed by atoms with Gasteiger partial charge in [0.15, 0.2) is 0 Å². The number of amides is 1. The number of halogens is 2. The van der Waals surface area contributed by atoms with Crippen LogP contribution < -0.4 is 10.6 Å². The Morgan fingerprint density at radius 3 is 2.45 bits per heavy atom. The number of aromatic hydroxyl groups is 1. The Labute approximate surface area is 226 Å². The van der Waals surface area contributed by atoms with E-state index in [1.807, 2.05) is 30.5 Å². The van der Waals surface area contributed by atoms with E-state index in [2.05, 4.69) is 15.6 Å². The molecule has 3 heterocycles. The number of rotatable bonds is 6. The van der Waals surface area contributed by atoms with Crippen LogP contribution in [0.15, 0.2) is 103 Å². The van der Waals surface area contributed by atoms with E-state index in [0.717, 1.165) is 17.6 Å². The maximum Gasteiger partial charge on any atom is 0.261 e. The minimum absolute atomic E-state index is 0.107. The molecule has 40 heavy (non-hydrogen) atoms. The summed E-state index contributed by atoms with van der Waals surface area (Å²) in [7, 11) is 0. The number of carbonyl (C=O) groups is 1. The number of hydrogen-bond acceptors (Lipinski definition) is 6. The smallest absolute Gasteiger partial charge is 0.261 e. The average molecular weight is 535 g/mol. The molecule has 0 atom stereocenters. The molecule has 0 aliphatic carbocycles. The summed E-state index contributed by atoms with van der Waals surface area (Å²) in [6.45, 7) is 0. The van der Waals surface area contributed by atoms with Crippen LogP contribution >= 0.6 is 0 Å². The van der Waals surface area contributed by atoms with E-state index in [1.54, 1.807) is 59.2 Å². The maximum absolute atomic E-state index is 14.2. The van der Waals surface area contributed by atoms with Gasteiger partial charge in [-0.3, -0.25) is 4.79 Å². The standard InChI is InChI=1S/C30H20F2N6O2/c31-22-10-5-11-23(32)26(22)29(40)34-19-7-3-6-18(16-19)28-27(25-12-1-2-15-38(25)37-28)24-13-14-33-30(36-24)35-20-8-4-9-21(39)17-20/h1-17,39H,(H,34,40)(H,33,35,36). The molecule has 1 amide bonds. The Morgan fingerprint density at radius 2 is 1.62 bits per heavy atom. The topological polar surface area (TPSA) is 104 Å². The highest BCUT2D eigenvalue weighted by Crippen LogP contribution is 2.35. The Bertz CT molecular complexity index is 1870. The molecule has 0 aliphatic heterocycles. The molecule has 3 aromatic carbocycles. The fourth-order valence-corrected chi connectivity index (χ4v) is 4.38. The van der Waals surface area contributed by atoms with E-state index >= 15 is 0 Å². The van der Waals surface area contributed by atoms with Crippen LogP contribution in [0.2, 0.25) is 0 Å². The fourth-order valence-electron chi connectivity index (χ4n) is 4.38. The third-order valence-corrected chi connectivity index (χ3v) is 6.14. The van der Waals surface area contributed by atoms with Crippen molar-refractivity contribution in [3.63, 3.8) is 0 Å². The van der Waals surface area contributed by atoms with Gasteiger partial charge in [-0.05, 0) is 54.6 Å². The predicted octanol–water partition coefficient (Wildman–Crippen LogP) is 6.44. The van der Waals surface area contributed by atoms with E-state index in [9.17, 15) is 18.7 Å². The van der Waals surface area contributed by atoms with E-state index in [1.165, 1.54) is 6.07 Å². The molecule has 0 radical (unpaired) electrons. The second-order valence-electron chi connectivity index (χ2n) is 8.83. The van der Waals surface area contributed by atoms with Crippen LogP contribution in [0.4, 0.5) is 26.1 Å². The Balaban J connectivity index is 1.39. The van der Waals surface area contributed by atoms with Crippen LogP contribution in [0.25, 0.3) is 28.0 Å². The van der Waals surface area contributed by atoms with Crippen molar-refractivity contribution in [1.82, 2.24) is 19.6 Å². The third-order valence-electron chi connectivity index (χ3n) is 6.14. The Morgan fingerprint density at radius 1 is 0.850 bits per heavy atom. The second kappa shape index (κ2) is 10.3. The molecule has 3 N–H and O–H groups in total. The number of phenolic OH excluding ortho intramolecular Hbond substituents is 1. The zero-order valence-corrected chi connectivity index (χ0v) is 20.7. The van der Waals surface area contributed by atoms with E-state index in [4.69, 9.17) is 10.1 Å². The van der Waals surface area contributed by atoms with Gasteiger partial charge in [-0.2, -0.15) is 5.10 Å². The zero-order chi connectivity index (χ0) is 27.6. The number of aromatic nitrogens is 4. The summed E-state index contributed by atoms with van der Waals surface area (Å²) in [5.74, 6) is -2.38. The van der Waals surface area contributed by atoms with E-state index in [-0.39, 0.29) is 5.75 Å². The average Bonchev–Trinajstić information content (AvgIpc) is 3.33. The van der Waals surface area contributed by atoms with Crippen LogP contribution in [0.3, 0.4) is 0 Å². The number of benzene rings is 3. The number of nitrogens with one attached hydrogen (secondary N) is 2. The first-order valence-electron chi connectivity index (χ1n) is 12.2. The van der Waals surface area contributed by atoms with Gasteiger partial charge in [0.1, 0.15) is 28.6 Å². The summed E-state index contributed by atoms with van der Waals surface area (Å²) in [5.41, 5.74) is 3.58. The maximum atomic E-state index is 14.2. The third kappa shape index (κ3) is 4.81. The van der Waals surface area contributed by atoms with Gasteiger partial charge >= 0.3 is 0 Å². The summed E-state index contributed by atoms with van der Waals surface area (Å²) >= 11 is 0. The zero-order valence-electron chi connectivity index (χ0n) is 20.7. The first kappa shape index (κ1) is 24.7. The first-order chi connectivity index (χ1) is 19.5. The monoisotopic (exact) mass is 534 g/mol. The fraction of sp³-hybridized carbons (Fsp3) is 0. The number of anilines is 3. The van der Waals surface area contributed by atoms with Crippen LogP contribution in [0.1, 0.15) is 10.4 Å². The summed E-state index contributed by atoms with van der Waals surface area (Å²) in [4.78, 5) is 21.7. The highest BCUT2D eigenvalue weighted by molar-refractivity contribution is 6.05. The van der Waals surface area contributed by atoms with Crippen molar-refractivity contribution < 1.29 is 18.7 Å². The van der Waals surface area contributed by atoms with Crippen molar-refractivity contribution >= 4 is 28.7 Å². The molecule has 0 aliphatic rings. The number of carbonyl (C=O) groups excluding carboxylic acids is 1. The molecule has 0 bridgehead atoms. The van der Waals surface area contributed by atoms with Gasteiger partial charge in [-0.25, -0.2) is 23.3 Å². The number of hydrogen-bond donors (Lipinski definition) is 3. The summed E-state index contributed by atoms with van der Waals surface area (Å²) in [6.07, 6.45) is 3.42. The Kier molecular flexibility index (Phi) is 6.33. The molecule has 0 spiro atoms. The van der Waals surface area contributed by atoms with Crippen molar-refractivity contribution in [2.75, 3.05) is 10.6 Å². The highest BCUT2D eigenvalue weighted by Gasteiger charge is 2.20. The molecule has 8 nitrogen and oxygen atoms in total. The quantitative estimate of drug-likeness (QED) is 0.227. The Hall–Kier alpha value is -5.64. The lowest BCUT2D eigenvalue weighted by Crippen LogP contribution is -2.15. The number of nitrogens with zero attached hydrogens (tertiary/aromatic N) is 4. The van der Waals surface area contributed by atoms with Crippen molar-refractivity contribution in [2.24, 2.45) is 0 Å². The number of pyridine rings is 1. The van der Waals surface area contributed by atoms with Crippen LogP contribution in [0, 0.1) is 11.6 Å². The van der Waals surface area contributed by atoms with Crippen molar-refractivity contribution in [2.45, 2.75) is 0 Å². The number of fused-ring (bicyclic) bond motifs is 1. The van der Waals surface area contributed by atoms with Gasteiger partial charge in [0, 0.05) is 35.4 Å². The second-order valence-corrected chi connectivity index (χ2v) is 8.83. The van der Waals surface area contributed by atoms with Crippen molar-refractivity contribution in [1.29, 1.82) is 0 Å². The van der Waals surface area contributed by atoms with Crippen molar-refractivity contribution in [3.8, 4) is 28.3 Å². The summed E-state index contributed by atoms with van der Waals surface area (Å²) < 4.78 is 30.0. The molecule has 196 valence electrons. The normalized spacial score (nSPS) is 10.9. The molecular formula is C30H20F2N6O2. The summed E-state index contributed by atoms with van der Waals surface area (Å²) in [6, 6.07) is 24.1. The molecule has 0 saturated carbocycles. The molecule has 0 unspecified atom stereocenters. The summed E-state index contributed by atoms with van der Waals surface area (Å²) in [5, 5.41) is 20.2. The van der Waals surface area contributed by atoms with Crippen LogP contribution in [0.5, 0.6) is 5.75 Å². The van der Waals surface area contributed by atoms with Crippen LogP contribution in [-0.2, 0) is 0 Å². The van der Waals surface area contributed by atoms with E-state index in [0.29, 0.717) is 39.8 Å².